The van der Waals surface area contributed by atoms with Gasteiger partial charge in [0.05, 0.1) is 0 Å². The molecular weight excluding hydrogens is 224 g/mol. The van der Waals surface area contributed by atoms with Gasteiger partial charge in [-0.25, -0.2) is 4.98 Å². The van der Waals surface area contributed by atoms with Gasteiger partial charge in [0, 0.05) is 12.6 Å². The summed E-state index contributed by atoms with van der Waals surface area (Å²) in [5.74, 6) is 1.61. The zero-order chi connectivity index (χ0) is 11.8. The van der Waals surface area contributed by atoms with Crippen LogP contribution in [0.4, 0.5) is 11.8 Å². The monoisotopic (exact) mass is 240 g/mol. The molecule has 3 N–H and O–H groups in total. The van der Waals surface area contributed by atoms with E-state index in [-0.39, 0.29) is 5.95 Å². The molecule has 0 amide bonds. The number of nitrogens with two attached hydrogens (primary N) is 1. The number of rotatable bonds is 4. The summed E-state index contributed by atoms with van der Waals surface area (Å²) in [7, 11) is 0. The molecule has 0 aliphatic heterocycles. The summed E-state index contributed by atoms with van der Waals surface area (Å²) in [6, 6.07) is 1.70. The van der Waals surface area contributed by atoms with Gasteiger partial charge in [-0.15, -0.1) is 0 Å². The van der Waals surface area contributed by atoms with Gasteiger partial charge >= 0.3 is 0 Å². The Labute approximate surface area is 101 Å². The molecule has 2 rings (SSSR count). The first-order valence-electron chi connectivity index (χ1n) is 5.56. The molecule has 1 aliphatic carbocycles. The van der Waals surface area contributed by atoms with E-state index in [0.29, 0.717) is 22.3 Å². The Kier molecular flexibility index (Phi) is 2.93. The van der Waals surface area contributed by atoms with Crippen LogP contribution in [-0.4, -0.2) is 16.5 Å². The van der Waals surface area contributed by atoms with Crippen molar-refractivity contribution in [1.82, 2.24) is 9.97 Å². The molecule has 5 heteroatoms. The van der Waals surface area contributed by atoms with Gasteiger partial charge < -0.3 is 11.1 Å². The van der Waals surface area contributed by atoms with Crippen LogP contribution in [0.2, 0.25) is 5.15 Å². The first-order valence-corrected chi connectivity index (χ1v) is 5.93. The number of halogens is 1. The third kappa shape index (κ3) is 2.38. The molecule has 1 saturated carbocycles. The lowest BCUT2D eigenvalue weighted by Gasteiger charge is -2.20. The zero-order valence-corrected chi connectivity index (χ0v) is 10.4. The minimum atomic E-state index is 0.212. The van der Waals surface area contributed by atoms with Gasteiger partial charge in [-0.1, -0.05) is 25.4 Å². The summed E-state index contributed by atoms with van der Waals surface area (Å²) < 4.78 is 0. The lowest BCUT2D eigenvalue weighted by Crippen LogP contribution is -2.21. The van der Waals surface area contributed by atoms with Crippen molar-refractivity contribution in [3.8, 4) is 0 Å². The minimum Gasteiger partial charge on any atom is -0.369 e. The van der Waals surface area contributed by atoms with Crippen molar-refractivity contribution in [2.75, 3.05) is 17.6 Å². The maximum absolute atomic E-state index is 5.81. The molecule has 88 valence electrons. The fourth-order valence-corrected chi connectivity index (χ4v) is 2.10. The van der Waals surface area contributed by atoms with E-state index >= 15 is 0 Å². The summed E-state index contributed by atoms with van der Waals surface area (Å²) in [5.41, 5.74) is 5.96. The molecule has 0 radical (unpaired) electrons. The minimum absolute atomic E-state index is 0.212. The van der Waals surface area contributed by atoms with Crippen molar-refractivity contribution >= 4 is 23.4 Å². The largest absolute Gasteiger partial charge is 0.369 e. The maximum atomic E-state index is 5.81. The van der Waals surface area contributed by atoms with Gasteiger partial charge in [0.2, 0.25) is 5.95 Å². The number of nitrogens with one attached hydrogen (secondary N) is 1. The maximum Gasteiger partial charge on any atom is 0.223 e. The van der Waals surface area contributed by atoms with Crippen molar-refractivity contribution in [2.24, 2.45) is 11.3 Å². The average molecular weight is 241 g/mol. The summed E-state index contributed by atoms with van der Waals surface area (Å²) in [5, 5.41) is 3.67. The Bertz CT molecular complexity index is 367. The first-order chi connectivity index (χ1) is 7.52. The molecule has 0 aromatic carbocycles. The normalized spacial score (nSPS) is 17.5. The number of hydrogen-bond donors (Lipinski definition) is 2. The Morgan fingerprint density at radius 3 is 2.69 bits per heavy atom. The van der Waals surface area contributed by atoms with Crippen LogP contribution in [0.1, 0.15) is 26.7 Å². The summed E-state index contributed by atoms with van der Waals surface area (Å²) >= 11 is 5.81. The van der Waals surface area contributed by atoms with Crippen molar-refractivity contribution in [2.45, 2.75) is 26.7 Å². The Hall–Kier alpha value is -1.03. The van der Waals surface area contributed by atoms with Crippen LogP contribution in [0.25, 0.3) is 0 Å². The van der Waals surface area contributed by atoms with Crippen molar-refractivity contribution in [3.05, 3.63) is 11.2 Å². The molecule has 1 aromatic heterocycles. The molecule has 1 aliphatic rings. The molecule has 1 heterocycles. The molecule has 1 fully saturated rings. The Balaban J connectivity index is 2.00. The summed E-state index contributed by atoms with van der Waals surface area (Å²) in [6.45, 7) is 5.45. The third-order valence-corrected chi connectivity index (χ3v) is 3.64. The van der Waals surface area contributed by atoms with E-state index in [1.54, 1.807) is 6.07 Å². The highest BCUT2D eigenvalue weighted by Gasteiger charge is 2.44. The molecule has 0 bridgehead atoms. The molecule has 0 atom stereocenters. The smallest absolute Gasteiger partial charge is 0.223 e. The van der Waals surface area contributed by atoms with E-state index in [1.807, 2.05) is 0 Å². The van der Waals surface area contributed by atoms with Crippen molar-refractivity contribution < 1.29 is 0 Å². The van der Waals surface area contributed by atoms with E-state index in [2.05, 4.69) is 29.1 Å². The Morgan fingerprint density at radius 2 is 2.19 bits per heavy atom. The van der Waals surface area contributed by atoms with E-state index in [1.165, 1.54) is 12.8 Å². The number of anilines is 2. The Morgan fingerprint density at radius 1 is 1.50 bits per heavy atom. The molecule has 4 nitrogen and oxygen atoms in total. The predicted molar refractivity (Wildman–Crippen MR) is 66.4 cm³/mol. The molecule has 1 aromatic rings. The average Bonchev–Trinajstić information content (AvgIpc) is 2.94. The summed E-state index contributed by atoms with van der Waals surface area (Å²) in [6.07, 6.45) is 2.57. The number of hydrogen-bond acceptors (Lipinski definition) is 4. The van der Waals surface area contributed by atoms with Crippen molar-refractivity contribution in [1.29, 1.82) is 0 Å². The molecular formula is C11H17ClN4. The molecule has 0 unspecified atom stereocenters. The third-order valence-electron chi connectivity index (χ3n) is 3.45. The van der Waals surface area contributed by atoms with E-state index in [9.17, 15) is 0 Å². The molecule has 0 saturated heterocycles. The lowest BCUT2D eigenvalue weighted by atomic mass is 9.92. The van der Waals surface area contributed by atoms with Crippen LogP contribution < -0.4 is 11.1 Å². The highest BCUT2D eigenvalue weighted by atomic mass is 35.5. The fourth-order valence-electron chi connectivity index (χ4n) is 1.91. The SMILES string of the molecule is CC(C)C1(CNc2cc(Cl)nc(N)n2)CC1. The second-order valence-electron chi connectivity index (χ2n) is 4.80. The quantitative estimate of drug-likeness (QED) is 0.794. The van der Waals surface area contributed by atoms with E-state index in [0.717, 1.165) is 6.54 Å². The molecule has 16 heavy (non-hydrogen) atoms. The van der Waals surface area contributed by atoms with Gasteiger partial charge in [0.25, 0.3) is 0 Å². The fraction of sp³-hybridized carbons (Fsp3) is 0.636. The highest BCUT2D eigenvalue weighted by Crippen LogP contribution is 2.51. The standard InChI is InChI=1S/C11H17ClN4/c1-7(2)11(3-4-11)6-14-9-5-8(12)15-10(13)16-9/h5,7H,3-4,6H2,1-2H3,(H3,13,14,15,16). The first kappa shape index (κ1) is 11.5. The van der Waals surface area contributed by atoms with Crippen molar-refractivity contribution in [3.63, 3.8) is 0 Å². The lowest BCUT2D eigenvalue weighted by molar-refractivity contribution is 0.380. The van der Waals surface area contributed by atoms with Crippen LogP contribution in [0, 0.1) is 11.3 Å². The second-order valence-corrected chi connectivity index (χ2v) is 5.19. The van der Waals surface area contributed by atoms with Gasteiger partial charge in [-0.2, -0.15) is 4.98 Å². The van der Waals surface area contributed by atoms with Gasteiger partial charge in [-0.05, 0) is 24.2 Å². The highest BCUT2D eigenvalue weighted by molar-refractivity contribution is 6.29. The zero-order valence-electron chi connectivity index (χ0n) is 9.63. The number of aromatic nitrogens is 2. The molecule has 0 spiro atoms. The van der Waals surface area contributed by atoms with Gasteiger partial charge in [0.15, 0.2) is 0 Å². The second kappa shape index (κ2) is 4.09. The predicted octanol–water partition coefficient (Wildman–Crippen LogP) is 2.56. The topological polar surface area (TPSA) is 63.8 Å². The van der Waals surface area contributed by atoms with E-state index in [4.69, 9.17) is 17.3 Å². The van der Waals surface area contributed by atoms with Gasteiger partial charge in [-0.3, -0.25) is 0 Å². The van der Waals surface area contributed by atoms with Crippen LogP contribution in [0.5, 0.6) is 0 Å². The van der Waals surface area contributed by atoms with Crippen LogP contribution in [0.3, 0.4) is 0 Å². The van der Waals surface area contributed by atoms with Crippen LogP contribution in [0.15, 0.2) is 6.07 Å². The van der Waals surface area contributed by atoms with Crippen LogP contribution in [-0.2, 0) is 0 Å². The number of nitrogens with zero attached hydrogens (tertiary/aromatic N) is 2. The van der Waals surface area contributed by atoms with Crippen LogP contribution >= 0.6 is 11.6 Å². The van der Waals surface area contributed by atoms with E-state index < -0.39 is 0 Å². The summed E-state index contributed by atoms with van der Waals surface area (Å²) in [4.78, 5) is 7.92. The number of nitrogen functional groups attached to an aromatic ring is 1. The van der Waals surface area contributed by atoms with Gasteiger partial charge in [0.1, 0.15) is 11.0 Å².